The lowest BCUT2D eigenvalue weighted by Crippen LogP contribution is -1.89. The molecule has 0 atom stereocenters. The first-order valence-corrected chi connectivity index (χ1v) is 7.94. The maximum Gasteiger partial charge on any atom is 0.123 e. The Hall–Kier alpha value is -2.65. The number of aliphatic hydroxyl groups excluding tert-OH is 1. The molecule has 0 fully saturated rings. The molecule has 0 heterocycles. The summed E-state index contributed by atoms with van der Waals surface area (Å²) in [5.74, 6) is 0.289. The van der Waals surface area contributed by atoms with Gasteiger partial charge in [0.05, 0.1) is 0 Å². The van der Waals surface area contributed by atoms with Crippen molar-refractivity contribution in [2.45, 2.75) is 4.90 Å². The number of phenolic OH excluding ortho intramolecular Hbond substituents is 1. The number of thioether (sulfide) groups is 1. The second-order valence-electron chi connectivity index (χ2n) is 5.15. The minimum Gasteiger partial charge on any atom is -0.508 e. The molecule has 3 aromatic rings. The Kier molecular flexibility index (Phi) is 4.13. The van der Waals surface area contributed by atoms with Gasteiger partial charge >= 0.3 is 0 Å². The number of aromatic hydroxyl groups is 1. The first-order valence-electron chi connectivity index (χ1n) is 7.13. The van der Waals surface area contributed by atoms with Crippen LogP contribution in [0.5, 0.6) is 5.75 Å². The number of hydrogen-bond donors (Lipinski definition) is 2. The maximum atomic E-state index is 9.99. The molecule has 0 saturated carbocycles. The van der Waals surface area contributed by atoms with Crippen LogP contribution in [-0.4, -0.2) is 10.2 Å². The molecule has 0 aromatic heterocycles. The fraction of sp³-hybridized carbons (Fsp3) is 0. The van der Waals surface area contributed by atoms with E-state index in [1.807, 2.05) is 54.6 Å². The molecule has 0 radical (unpaired) electrons. The van der Waals surface area contributed by atoms with Gasteiger partial charge in [0.15, 0.2) is 0 Å². The molecule has 3 rings (SSSR count). The third kappa shape index (κ3) is 2.96. The van der Waals surface area contributed by atoms with Crippen molar-refractivity contribution in [3.05, 3.63) is 84.9 Å². The second kappa shape index (κ2) is 6.23. The Bertz CT molecular complexity index is 912. The van der Waals surface area contributed by atoms with E-state index in [4.69, 9.17) is 0 Å². The van der Waals surface area contributed by atoms with Crippen LogP contribution >= 0.6 is 11.8 Å². The molecule has 0 spiro atoms. The van der Waals surface area contributed by atoms with E-state index < -0.39 is 0 Å². The Morgan fingerprint density at radius 1 is 0.783 bits per heavy atom. The number of rotatable bonds is 4. The molecule has 23 heavy (non-hydrogen) atoms. The summed E-state index contributed by atoms with van der Waals surface area (Å²) in [4.78, 5) is 1.81. The molecular formula is C20H16O2S. The van der Waals surface area contributed by atoms with Crippen LogP contribution in [0.3, 0.4) is 0 Å². The Morgan fingerprint density at radius 3 is 2.09 bits per heavy atom. The van der Waals surface area contributed by atoms with Crippen LogP contribution in [0.15, 0.2) is 78.7 Å². The van der Waals surface area contributed by atoms with Crippen molar-refractivity contribution in [3.8, 4) is 5.75 Å². The maximum absolute atomic E-state index is 9.99. The van der Waals surface area contributed by atoms with E-state index in [1.54, 1.807) is 6.07 Å². The SMILES string of the molecule is C=C(O)c1ccccc1C(=C)Sc1ccc(O)c2ccccc12. The van der Waals surface area contributed by atoms with E-state index in [-0.39, 0.29) is 11.5 Å². The number of aliphatic hydroxyl groups is 1. The van der Waals surface area contributed by atoms with Gasteiger partial charge in [-0.05, 0) is 23.1 Å². The summed E-state index contributed by atoms with van der Waals surface area (Å²) in [6, 6.07) is 18.8. The summed E-state index contributed by atoms with van der Waals surface area (Å²) >= 11 is 1.51. The number of benzene rings is 3. The van der Waals surface area contributed by atoms with Crippen molar-refractivity contribution in [1.29, 1.82) is 0 Å². The molecule has 3 heteroatoms. The van der Waals surface area contributed by atoms with E-state index in [0.29, 0.717) is 5.56 Å². The monoisotopic (exact) mass is 320 g/mol. The zero-order valence-electron chi connectivity index (χ0n) is 12.5. The van der Waals surface area contributed by atoms with Gasteiger partial charge < -0.3 is 10.2 Å². The minimum atomic E-state index is 0.0258. The zero-order valence-corrected chi connectivity index (χ0v) is 13.3. The van der Waals surface area contributed by atoms with Crippen LogP contribution in [0.4, 0.5) is 0 Å². The van der Waals surface area contributed by atoms with Gasteiger partial charge in [-0.3, -0.25) is 0 Å². The molecule has 0 aliphatic rings. The largest absolute Gasteiger partial charge is 0.508 e. The summed E-state index contributed by atoms with van der Waals surface area (Å²) in [5.41, 5.74) is 1.52. The fourth-order valence-electron chi connectivity index (χ4n) is 2.51. The van der Waals surface area contributed by atoms with Crippen molar-refractivity contribution >= 4 is 33.2 Å². The van der Waals surface area contributed by atoms with Crippen LogP contribution in [0.25, 0.3) is 21.4 Å². The summed E-state index contributed by atoms with van der Waals surface area (Å²) in [7, 11) is 0. The molecule has 0 unspecified atom stereocenters. The highest BCUT2D eigenvalue weighted by molar-refractivity contribution is 8.08. The van der Waals surface area contributed by atoms with Gasteiger partial charge in [0.1, 0.15) is 11.5 Å². The van der Waals surface area contributed by atoms with Gasteiger partial charge in [0.2, 0.25) is 0 Å². The first-order chi connectivity index (χ1) is 11.1. The van der Waals surface area contributed by atoms with Crippen molar-refractivity contribution in [2.24, 2.45) is 0 Å². The van der Waals surface area contributed by atoms with Gasteiger partial charge in [-0.25, -0.2) is 0 Å². The van der Waals surface area contributed by atoms with Crippen molar-refractivity contribution < 1.29 is 10.2 Å². The van der Waals surface area contributed by atoms with Gasteiger partial charge in [0.25, 0.3) is 0 Å². The summed E-state index contributed by atoms with van der Waals surface area (Å²) in [5, 5.41) is 21.5. The molecule has 0 aliphatic carbocycles. The van der Waals surface area contributed by atoms with Gasteiger partial charge in [-0.15, -0.1) is 0 Å². The second-order valence-corrected chi connectivity index (χ2v) is 6.28. The summed E-state index contributed by atoms with van der Waals surface area (Å²) < 4.78 is 0. The van der Waals surface area contributed by atoms with E-state index >= 15 is 0 Å². The molecule has 0 saturated heterocycles. The molecule has 0 amide bonds. The first kappa shape index (κ1) is 15.3. The Balaban J connectivity index is 2.02. The normalized spacial score (nSPS) is 10.6. The highest BCUT2D eigenvalue weighted by Crippen LogP contribution is 2.40. The molecule has 114 valence electrons. The lowest BCUT2D eigenvalue weighted by molar-refractivity contribution is 0.481. The van der Waals surface area contributed by atoms with Crippen LogP contribution in [0.1, 0.15) is 11.1 Å². The average Bonchev–Trinajstić information content (AvgIpc) is 2.57. The molecule has 3 aromatic carbocycles. The van der Waals surface area contributed by atoms with Gasteiger partial charge in [-0.1, -0.05) is 73.5 Å². The Labute approximate surface area is 139 Å². The standard InChI is InChI=1S/C20H16O2S/c1-13(21)15-7-3-4-8-16(15)14(2)23-20-12-11-19(22)17-9-5-6-10-18(17)20/h3-12,21-22H,1-2H2. The van der Waals surface area contributed by atoms with Crippen molar-refractivity contribution in [2.75, 3.05) is 0 Å². The highest BCUT2D eigenvalue weighted by atomic mass is 32.2. The lowest BCUT2D eigenvalue weighted by atomic mass is 10.1. The van der Waals surface area contributed by atoms with Crippen LogP contribution in [0.2, 0.25) is 0 Å². The molecular weight excluding hydrogens is 304 g/mol. The number of fused-ring (bicyclic) bond motifs is 1. The molecule has 2 N–H and O–H groups in total. The van der Waals surface area contributed by atoms with Crippen molar-refractivity contribution in [3.63, 3.8) is 0 Å². The zero-order chi connectivity index (χ0) is 16.4. The van der Waals surface area contributed by atoms with E-state index in [9.17, 15) is 10.2 Å². The Morgan fingerprint density at radius 2 is 1.39 bits per heavy atom. The fourth-order valence-corrected chi connectivity index (χ4v) is 3.49. The van der Waals surface area contributed by atoms with Crippen LogP contribution in [-0.2, 0) is 0 Å². The summed E-state index contributed by atoms with van der Waals surface area (Å²) in [6.45, 7) is 7.75. The average molecular weight is 320 g/mol. The third-order valence-corrected chi connectivity index (χ3v) is 4.67. The molecule has 2 nitrogen and oxygen atoms in total. The third-order valence-electron chi connectivity index (χ3n) is 3.63. The molecule has 0 aliphatic heterocycles. The molecule has 0 bridgehead atoms. The van der Waals surface area contributed by atoms with Crippen molar-refractivity contribution in [1.82, 2.24) is 0 Å². The topological polar surface area (TPSA) is 40.5 Å². The van der Waals surface area contributed by atoms with Crippen LogP contribution in [0, 0.1) is 0 Å². The van der Waals surface area contributed by atoms with E-state index in [2.05, 4.69) is 13.2 Å². The predicted molar refractivity (Wildman–Crippen MR) is 98.6 cm³/mol. The predicted octanol–water partition coefficient (Wildman–Crippen LogP) is 5.84. The van der Waals surface area contributed by atoms with Gasteiger partial charge in [-0.2, -0.15) is 0 Å². The lowest BCUT2D eigenvalue weighted by Gasteiger charge is -2.12. The number of hydrogen-bond acceptors (Lipinski definition) is 3. The van der Waals surface area contributed by atoms with E-state index in [0.717, 1.165) is 26.1 Å². The quantitative estimate of drug-likeness (QED) is 0.469. The number of phenols is 1. The smallest absolute Gasteiger partial charge is 0.123 e. The van der Waals surface area contributed by atoms with Gasteiger partial charge in [0, 0.05) is 20.8 Å². The van der Waals surface area contributed by atoms with E-state index in [1.165, 1.54) is 11.8 Å². The summed E-state index contributed by atoms with van der Waals surface area (Å²) in [6.07, 6.45) is 0. The highest BCUT2D eigenvalue weighted by Gasteiger charge is 2.11. The minimum absolute atomic E-state index is 0.0258. The van der Waals surface area contributed by atoms with Crippen LogP contribution < -0.4 is 0 Å².